The summed E-state index contributed by atoms with van der Waals surface area (Å²) in [7, 11) is 0. The predicted octanol–water partition coefficient (Wildman–Crippen LogP) is 20.8. The number of nitrogens with zero attached hydrogens (tertiary/aromatic N) is 4. The summed E-state index contributed by atoms with van der Waals surface area (Å²) in [6.07, 6.45) is 0. The molecule has 77 heavy (non-hydrogen) atoms. The molecule has 1 aliphatic rings. The van der Waals surface area contributed by atoms with Gasteiger partial charge in [-0.05, 0) is 191 Å². The van der Waals surface area contributed by atoms with E-state index < -0.39 is 0 Å². The first-order valence-corrected chi connectivity index (χ1v) is 26.7. The summed E-state index contributed by atoms with van der Waals surface area (Å²) in [5.74, 6) is 0. The highest BCUT2D eigenvalue weighted by Gasteiger charge is 2.37. The Morgan fingerprint density at radius 1 is 0.247 bits per heavy atom. The summed E-state index contributed by atoms with van der Waals surface area (Å²) >= 11 is 0. The molecule has 0 spiro atoms. The lowest BCUT2D eigenvalue weighted by molar-refractivity contribution is 0.660. The molecule has 1 aliphatic carbocycles. The number of benzene rings is 12. The van der Waals surface area contributed by atoms with E-state index in [1.807, 2.05) is 0 Å². The highest BCUT2D eigenvalue weighted by Crippen LogP contribution is 2.53. The minimum Gasteiger partial charge on any atom is -0.310 e. The molecule has 4 heteroatoms. The zero-order chi connectivity index (χ0) is 52.0. The average molecular weight is 991 g/mol. The molecule has 12 aromatic carbocycles. The zero-order valence-electron chi connectivity index (χ0n) is 43.8. The van der Waals surface area contributed by atoms with E-state index in [0.717, 1.165) is 68.2 Å². The molecule has 0 amide bonds. The van der Waals surface area contributed by atoms with Gasteiger partial charge in [0.05, 0.1) is 11.4 Å². The van der Waals surface area contributed by atoms with Crippen molar-refractivity contribution in [3.05, 3.63) is 301 Å². The third-order valence-corrected chi connectivity index (χ3v) is 15.5. The first-order chi connectivity index (χ1) is 37.8. The Labute approximate surface area is 452 Å². The average Bonchev–Trinajstić information content (AvgIpc) is 3.95. The summed E-state index contributed by atoms with van der Waals surface area (Å²) in [4.78, 5) is 9.57. The molecule has 0 bridgehead atoms. The number of anilines is 12. The Kier molecular flexibility index (Phi) is 12.0. The number of para-hydroxylation sites is 2. The third-order valence-electron chi connectivity index (χ3n) is 15.5. The number of rotatable bonds is 12. The molecule has 0 atom stereocenters. The summed E-state index contributed by atoms with van der Waals surface area (Å²) in [6.45, 7) is 9.10. The summed E-state index contributed by atoms with van der Waals surface area (Å²) in [5, 5.41) is 4.80. The Balaban J connectivity index is 0.909. The third kappa shape index (κ3) is 8.64. The van der Waals surface area contributed by atoms with Crippen LogP contribution in [0.15, 0.2) is 279 Å². The fraction of sp³-hybridized carbons (Fsp3) is 0.0685. The minimum atomic E-state index is -0.326. The van der Waals surface area contributed by atoms with Gasteiger partial charge in [-0.25, -0.2) is 0 Å². The van der Waals surface area contributed by atoms with Crippen molar-refractivity contribution in [3.8, 4) is 11.1 Å². The van der Waals surface area contributed by atoms with Crippen LogP contribution in [0.25, 0.3) is 32.7 Å². The molecule has 0 N–H and O–H groups in total. The SMILES string of the molecule is Cc1cccc(N(c2ccccc2)c2ccc(N(c3ccc4c(c3)C(C)(C)c3cc(N(c5ccc(N(c6ccccc6)c6cccc(C)c6)cc5)c5cccc6ccccc56)ccc3-4)c3cccc4ccccc34)cc2)c1. The molecule has 0 saturated heterocycles. The molecule has 13 rings (SSSR count). The second kappa shape index (κ2) is 19.6. The van der Waals surface area contributed by atoms with Gasteiger partial charge in [-0.15, -0.1) is 0 Å². The van der Waals surface area contributed by atoms with E-state index in [0.29, 0.717) is 0 Å². The quantitative estimate of drug-likeness (QED) is 0.121. The second-order valence-corrected chi connectivity index (χ2v) is 20.8. The van der Waals surface area contributed by atoms with Crippen molar-refractivity contribution in [2.24, 2.45) is 0 Å². The zero-order valence-corrected chi connectivity index (χ0v) is 43.8. The predicted molar refractivity (Wildman–Crippen MR) is 327 cm³/mol. The Hall–Kier alpha value is -9.64. The minimum absolute atomic E-state index is 0.326. The summed E-state index contributed by atoms with van der Waals surface area (Å²) < 4.78 is 0. The van der Waals surface area contributed by atoms with Crippen molar-refractivity contribution in [1.82, 2.24) is 0 Å². The van der Waals surface area contributed by atoms with Gasteiger partial charge in [-0.3, -0.25) is 0 Å². The number of aryl methyl sites for hydroxylation is 2. The summed E-state index contributed by atoms with van der Waals surface area (Å²) in [6, 6.07) is 102. The normalized spacial score (nSPS) is 12.3. The van der Waals surface area contributed by atoms with E-state index in [1.54, 1.807) is 0 Å². The first kappa shape index (κ1) is 47.1. The van der Waals surface area contributed by atoms with Crippen LogP contribution in [0.1, 0.15) is 36.1 Å². The van der Waals surface area contributed by atoms with Gasteiger partial charge in [0.25, 0.3) is 0 Å². The van der Waals surface area contributed by atoms with Gasteiger partial charge >= 0.3 is 0 Å². The molecule has 0 aliphatic heterocycles. The molecule has 0 unspecified atom stereocenters. The lowest BCUT2D eigenvalue weighted by Gasteiger charge is -2.31. The van der Waals surface area contributed by atoms with E-state index in [2.05, 4.69) is 326 Å². The molecular weight excluding hydrogens is 933 g/mol. The highest BCUT2D eigenvalue weighted by atomic mass is 15.2. The Morgan fingerprint density at radius 2 is 0.545 bits per heavy atom. The maximum Gasteiger partial charge on any atom is 0.0540 e. The van der Waals surface area contributed by atoms with Crippen LogP contribution < -0.4 is 19.6 Å². The maximum atomic E-state index is 2.45. The molecule has 0 radical (unpaired) electrons. The van der Waals surface area contributed by atoms with E-state index in [1.165, 1.54) is 54.9 Å². The highest BCUT2D eigenvalue weighted by molar-refractivity contribution is 6.01. The molecule has 12 aromatic rings. The van der Waals surface area contributed by atoms with Gasteiger partial charge in [0.15, 0.2) is 0 Å². The Bertz CT molecular complexity index is 3830. The van der Waals surface area contributed by atoms with Crippen LogP contribution in [0.2, 0.25) is 0 Å². The first-order valence-electron chi connectivity index (χ1n) is 26.7. The fourth-order valence-electron chi connectivity index (χ4n) is 11.7. The molecule has 0 saturated carbocycles. The number of hydrogen-bond donors (Lipinski definition) is 0. The van der Waals surface area contributed by atoms with Gasteiger partial charge in [-0.2, -0.15) is 0 Å². The van der Waals surface area contributed by atoms with Gasteiger partial charge in [0.2, 0.25) is 0 Å². The van der Waals surface area contributed by atoms with E-state index in [4.69, 9.17) is 0 Å². The molecule has 370 valence electrons. The molecular formula is C73H58N4. The lowest BCUT2D eigenvalue weighted by atomic mass is 9.82. The monoisotopic (exact) mass is 990 g/mol. The molecule has 0 fully saturated rings. The largest absolute Gasteiger partial charge is 0.310 e. The van der Waals surface area contributed by atoms with Gasteiger partial charge < -0.3 is 19.6 Å². The van der Waals surface area contributed by atoms with Crippen LogP contribution in [-0.2, 0) is 5.41 Å². The van der Waals surface area contributed by atoms with Crippen LogP contribution in [0.3, 0.4) is 0 Å². The van der Waals surface area contributed by atoms with E-state index in [9.17, 15) is 0 Å². The van der Waals surface area contributed by atoms with Gasteiger partial charge in [0.1, 0.15) is 0 Å². The number of hydrogen-bond acceptors (Lipinski definition) is 4. The van der Waals surface area contributed by atoms with Crippen molar-refractivity contribution in [2.75, 3.05) is 19.6 Å². The smallest absolute Gasteiger partial charge is 0.0540 e. The fourth-order valence-corrected chi connectivity index (χ4v) is 11.7. The van der Waals surface area contributed by atoms with Crippen LogP contribution >= 0.6 is 0 Å². The van der Waals surface area contributed by atoms with Crippen molar-refractivity contribution in [3.63, 3.8) is 0 Å². The molecule has 4 nitrogen and oxygen atoms in total. The Morgan fingerprint density at radius 3 is 0.948 bits per heavy atom. The maximum absolute atomic E-state index is 2.45. The lowest BCUT2D eigenvalue weighted by Crippen LogP contribution is -2.18. The number of fused-ring (bicyclic) bond motifs is 5. The van der Waals surface area contributed by atoms with E-state index >= 15 is 0 Å². The van der Waals surface area contributed by atoms with Crippen LogP contribution in [0.4, 0.5) is 68.2 Å². The van der Waals surface area contributed by atoms with Gasteiger partial charge in [-0.1, -0.05) is 159 Å². The van der Waals surface area contributed by atoms with Crippen molar-refractivity contribution >= 4 is 89.8 Å². The van der Waals surface area contributed by atoms with Crippen molar-refractivity contribution < 1.29 is 0 Å². The van der Waals surface area contributed by atoms with Gasteiger partial charge in [0, 0.05) is 73.1 Å². The standard InChI is InChI=1S/C73H58N4/c1-51-19-15-29-61(47-51)74(55-25-7-5-8-26-55)57-35-39-59(40-36-57)76(71-33-17-23-53-21-11-13-31-65(53)71)63-43-45-67-68-46-44-64(50-70(68)73(3,4)69(67)49-63)77(72-34-18-24-54-22-12-14-32-66(54)72)60-41-37-58(38-42-60)75(56-27-9-6-10-28-56)62-30-16-20-52(2)48-62/h5-50H,1-4H3. The summed E-state index contributed by atoms with van der Waals surface area (Å²) in [5.41, 5.74) is 20.6. The second-order valence-electron chi connectivity index (χ2n) is 20.8. The van der Waals surface area contributed by atoms with E-state index in [-0.39, 0.29) is 5.41 Å². The van der Waals surface area contributed by atoms with Crippen LogP contribution in [-0.4, -0.2) is 0 Å². The molecule has 0 aromatic heterocycles. The molecule has 0 heterocycles. The van der Waals surface area contributed by atoms with Crippen molar-refractivity contribution in [2.45, 2.75) is 33.1 Å². The van der Waals surface area contributed by atoms with Crippen LogP contribution in [0, 0.1) is 13.8 Å². The topological polar surface area (TPSA) is 13.0 Å². The van der Waals surface area contributed by atoms with Crippen molar-refractivity contribution in [1.29, 1.82) is 0 Å². The van der Waals surface area contributed by atoms with Crippen LogP contribution in [0.5, 0.6) is 0 Å².